The molecule has 1 atom stereocenters. The van der Waals surface area contributed by atoms with Gasteiger partial charge < -0.3 is 0 Å². The van der Waals surface area contributed by atoms with Gasteiger partial charge >= 0.3 is 0 Å². The van der Waals surface area contributed by atoms with E-state index in [2.05, 4.69) is 74.3 Å². The summed E-state index contributed by atoms with van der Waals surface area (Å²) in [7, 11) is 0. The maximum atomic E-state index is 3.68. The van der Waals surface area contributed by atoms with E-state index in [1.165, 1.54) is 30.4 Å². The lowest BCUT2D eigenvalue weighted by Gasteiger charge is -2.16. The number of benzene rings is 2. The number of hydrogen-bond donors (Lipinski definition) is 0. The Morgan fingerprint density at radius 3 is 2.65 bits per heavy atom. The summed E-state index contributed by atoms with van der Waals surface area (Å²) in [6.45, 7) is 0. The van der Waals surface area contributed by atoms with Crippen LogP contribution in [0.5, 0.6) is 0 Å². The molecular formula is C18H18Br2. The molecule has 0 nitrogen and oxygen atoms in total. The van der Waals surface area contributed by atoms with Crippen molar-refractivity contribution in [2.75, 3.05) is 5.33 Å². The highest BCUT2D eigenvalue weighted by Gasteiger charge is 2.15. The molecule has 0 amide bonds. The third-order valence-electron chi connectivity index (χ3n) is 4.15. The molecule has 0 N–H and O–H groups in total. The Balaban J connectivity index is 1.81. The topological polar surface area (TPSA) is 0 Å². The lowest BCUT2D eigenvalue weighted by atomic mass is 9.92. The first-order valence-electron chi connectivity index (χ1n) is 7.18. The maximum Gasteiger partial charge on any atom is 0.0178 e. The van der Waals surface area contributed by atoms with Crippen molar-refractivity contribution in [3.05, 3.63) is 69.2 Å². The fraction of sp³-hybridized carbons (Fsp3) is 0.333. The van der Waals surface area contributed by atoms with Crippen molar-refractivity contribution in [2.45, 2.75) is 31.6 Å². The van der Waals surface area contributed by atoms with Crippen LogP contribution < -0.4 is 0 Å². The van der Waals surface area contributed by atoms with Crippen molar-refractivity contribution in [1.29, 1.82) is 0 Å². The highest BCUT2D eigenvalue weighted by atomic mass is 79.9. The van der Waals surface area contributed by atoms with Gasteiger partial charge in [-0.2, -0.15) is 0 Å². The van der Waals surface area contributed by atoms with Gasteiger partial charge in [0.1, 0.15) is 0 Å². The van der Waals surface area contributed by atoms with Gasteiger partial charge in [-0.05, 0) is 66.0 Å². The van der Waals surface area contributed by atoms with E-state index < -0.39 is 0 Å². The lowest BCUT2D eigenvalue weighted by molar-refractivity contribution is 0.774. The molecule has 0 saturated carbocycles. The summed E-state index contributed by atoms with van der Waals surface area (Å²) >= 11 is 7.25. The molecule has 1 unspecified atom stereocenters. The number of rotatable bonds is 4. The van der Waals surface area contributed by atoms with E-state index in [1.807, 2.05) is 0 Å². The molecule has 0 saturated heterocycles. The van der Waals surface area contributed by atoms with Crippen molar-refractivity contribution in [3.8, 4) is 0 Å². The normalized spacial score (nSPS) is 15.1. The Bertz CT molecular complexity index is 604. The van der Waals surface area contributed by atoms with Crippen LogP contribution >= 0.6 is 31.9 Å². The smallest absolute Gasteiger partial charge is 0.0178 e. The van der Waals surface area contributed by atoms with E-state index in [9.17, 15) is 0 Å². The standard InChI is InChI=1S/C18H18Br2/c19-12-17(16-5-2-6-18(20)11-16)10-13-7-8-14-3-1-4-15(14)9-13/h2,5-9,11,17H,1,3-4,10,12H2. The van der Waals surface area contributed by atoms with Gasteiger partial charge in [0.15, 0.2) is 0 Å². The summed E-state index contributed by atoms with van der Waals surface area (Å²) in [5.74, 6) is 0.534. The minimum absolute atomic E-state index is 0.534. The Kier molecular flexibility index (Phi) is 4.62. The van der Waals surface area contributed by atoms with E-state index >= 15 is 0 Å². The highest BCUT2D eigenvalue weighted by Crippen LogP contribution is 2.28. The second-order valence-corrected chi connectivity index (χ2v) is 7.13. The van der Waals surface area contributed by atoms with Crippen LogP contribution in [-0.2, 0) is 19.3 Å². The molecule has 0 fully saturated rings. The summed E-state index contributed by atoms with van der Waals surface area (Å²) in [5, 5.41) is 1.00. The monoisotopic (exact) mass is 392 g/mol. The van der Waals surface area contributed by atoms with Gasteiger partial charge in [0.05, 0.1) is 0 Å². The number of halogens is 2. The molecule has 1 aliphatic rings. The number of aryl methyl sites for hydroxylation is 2. The number of fused-ring (bicyclic) bond motifs is 1. The Labute approximate surface area is 137 Å². The first-order chi connectivity index (χ1) is 9.76. The maximum absolute atomic E-state index is 3.68. The molecule has 2 heteroatoms. The molecule has 104 valence electrons. The largest absolute Gasteiger partial charge is 0.0921 e. The van der Waals surface area contributed by atoms with Gasteiger partial charge in [0.2, 0.25) is 0 Å². The molecular weight excluding hydrogens is 376 g/mol. The van der Waals surface area contributed by atoms with E-state index in [-0.39, 0.29) is 0 Å². The average Bonchev–Trinajstić information content (AvgIpc) is 2.92. The molecule has 2 aromatic rings. The zero-order valence-electron chi connectivity index (χ0n) is 11.4. The van der Waals surface area contributed by atoms with E-state index in [0.29, 0.717) is 5.92 Å². The third kappa shape index (κ3) is 3.17. The molecule has 2 aromatic carbocycles. The van der Waals surface area contributed by atoms with Crippen molar-refractivity contribution >= 4 is 31.9 Å². The zero-order valence-corrected chi connectivity index (χ0v) is 14.6. The molecule has 0 aliphatic heterocycles. The van der Waals surface area contributed by atoms with E-state index in [0.717, 1.165) is 16.2 Å². The first kappa shape index (κ1) is 14.3. The first-order valence-corrected chi connectivity index (χ1v) is 9.10. The molecule has 0 aromatic heterocycles. The predicted octanol–water partition coefficient (Wildman–Crippen LogP) is 5.66. The summed E-state index contributed by atoms with van der Waals surface area (Å²) in [4.78, 5) is 0. The fourth-order valence-corrected chi connectivity index (χ4v) is 4.08. The Morgan fingerprint density at radius 1 is 1.00 bits per heavy atom. The minimum Gasteiger partial charge on any atom is -0.0921 e. The van der Waals surface area contributed by atoms with Crippen molar-refractivity contribution < 1.29 is 0 Å². The molecule has 0 heterocycles. The van der Waals surface area contributed by atoms with Gasteiger partial charge in [-0.15, -0.1) is 0 Å². The zero-order chi connectivity index (χ0) is 13.9. The Hall–Kier alpha value is -0.600. The summed E-state index contributed by atoms with van der Waals surface area (Å²) in [5.41, 5.74) is 6.00. The second-order valence-electron chi connectivity index (χ2n) is 5.57. The third-order valence-corrected chi connectivity index (χ3v) is 5.43. The van der Waals surface area contributed by atoms with Gasteiger partial charge in [-0.25, -0.2) is 0 Å². The molecule has 0 spiro atoms. The molecule has 0 bridgehead atoms. The number of alkyl halides is 1. The van der Waals surface area contributed by atoms with Gasteiger partial charge in [0.25, 0.3) is 0 Å². The van der Waals surface area contributed by atoms with Crippen LogP contribution in [0.2, 0.25) is 0 Å². The highest BCUT2D eigenvalue weighted by molar-refractivity contribution is 9.10. The summed E-state index contributed by atoms with van der Waals surface area (Å²) < 4.78 is 1.16. The van der Waals surface area contributed by atoms with Crippen LogP contribution in [0.15, 0.2) is 46.9 Å². The van der Waals surface area contributed by atoms with Gasteiger partial charge in [-0.3, -0.25) is 0 Å². The SMILES string of the molecule is BrCC(Cc1ccc2c(c1)CCC2)c1cccc(Br)c1. The Morgan fingerprint density at radius 2 is 1.85 bits per heavy atom. The van der Waals surface area contributed by atoms with Crippen LogP contribution in [0, 0.1) is 0 Å². The number of hydrogen-bond acceptors (Lipinski definition) is 0. The van der Waals surface area contributed by atoms with Crippen LogP contribution in [0.4, 0.5) is 0 Å². The van der Waals surface area contributed by atoms with Crippen LogP contribution in [-0.4, -0.2) is 5.33 Å². The summed E-state index contributed by atoms with van der Waals surface area (Å²) in [6.07, 6.45) is 4.96. The van der Waals surface area contributed by atoms with Gasteiger partial charge in [0, 0.05) is 9.80 Å². The van der Waals surface area contributed by atoms with Gasteiger partial charge in [-0.1, -0.05) is 62.2 Å². The average molecular weight is 394 g/mol. The molecule has 0 radical (unpaired) electrons. The minimum atomic E-state index is 0.534. The van der Waals surface area contributed by atoms with Crippen molar-refractivity contribution in [3.63, 3.8) is 0 Å². The molecule has 3 rings (SSSR count). The predicted molar refractivity (Wildman–Crippen MR) is 92.8 cm³/mol. The van der Waals surface area contributed by atoms with Crippen molar-refractivity contribution in [2.24, 2.45) is 0 Å². The fourth-order valence-electron chi connectivity index (χ4n) is 3.06. The molecule has 1 aliphatic carbocycles. The quantitative estimate of drug-likeness (QED) is 0.588. The van der Waals surface area contributed by atoms with E-state index in [4.69, 9.17) is 0 Å². The summed E-state index contributed by atoms with van der Waals surface area (Å²) in [6, 6.07) is 15.8. The van der Waals surface area contributed by atoms with Crippen LogP contribution in [0.25, 0.3) is 0 Å². The lowest BCUT2D eigenvalue weighted by Crippen LogP contribution is -2.05. The van der Waals surface area contributed by atoms with Crippen LogP contribution in [0.3, 0.4) is 0 Å². The second kappa shape index (κ2) is 6.44. The van der Waals surface area contributed by atoms with E-state index in [1.54, 1.807) is 11.1 Å². The van der Waals surface area contributed by atoms with Crippen molar-refractivity contribution in [1.82, 2.24) is 0 Å². The molecule has 20 heavy (non-hydrogen) atoms. The van der Waals surface area contributed by atoms with Crippen LogP contribution in [0.1, 0.15) is 34.6 Å².